The van der Waals surface area contributed by atoms with Gasteiger partial charge >= 0.3 is 0 Å². The molecule has 1 aliphatic heterocycles. The summed E-state index contributed by atoms with van der Waals surface area (Å²) in [5, 5.41) is 13.0. The lowest BCUT2D eigenvalue weighted by Gasteiger charge is -2.57. The molecule has 0 aromatic carbocycles. The van der Waals surface area contributed by atoms with E-state index in [0.29, 0.717) is 11.3 Å². The Morgan fingerprint density at radius 1 is 1.36 bits per heavy atom. The third-order valence-corrected chi connectivity index (χ3v) is 3.36. The van der Waals surface area contributed by atoms with Crippen molar-refractivity contribution in [2.45, 2.75) is 32.3 Å². The molecule has 2 heteroatoms. The third kappa shape index (κ3) is 1.09. The molecule has 1 spiro atoms. The van der Waals surface area contributed by atoms with E-state index in [1.807, 2.05) is 13.8 Å². The van der Waals surface area contributed by atoms with Gasteiger partial charge in [0.15, 0.2) is 0 Å². The summed E-state index contributed by atoms with van der Waals surface area (Å²) in [6, 6.07) is 0. The van der Waals surface area contributed by atoms with Crippen molar-refractivity contribution in [3.63, 3.8) is 0 Å². The van der Waals surface area contributed by atoms with Gasteiger partial charge in [0.05, 0.1) is 5.60 Å². The van der Waals surface area contributed by atoms with Crippen LogP contribution in [0.2, 0.25) is 0 Å². The Balaban J connectivity index is 1.88. The first kappa shape index (κ1) is 7.56. The van der Waals surface area contributed by atoms with E-state index in [1.165, 1.54) is 25.9 Å². The number of hydrogen-bond acceptors (Lipinski definition) is 2. The van der Waals surface area contributed by atoms with Crippen molar-refractivity contribution in [2.24, 2.45) is 11.3 Å². The van der Waals surface area contributed by atoms with Crippen molar-refractivity contribution in [3.8, 4) is 0 Å². The van der Waals surface area contributed by atoms with Crippen molar-refractivity contribution in [1.29, 1.82) is 0 Å². The van der Waals surface area contributed by atoms with Gasteiger partial charge in [-0.2, -0.15) is 0 Å². The summed E-state index contributed by atoms with van der Waals surface area (Å²) in [4.78, 5) is 0. The zero-order chi connectivity index (χ0) is 8.11. The number of aliphatic hydroxyl groups is 1. The van der Waals surface area contributed by atoms with E-state index in [-0.39, 0.29) is 0 Å². The monoisotopic (exact) mass is 155 g/mol. The summed E-state index contributed by atoms with van der Waals surface area (Å²) < 4.78 is 0. The largest absolute Gasteiger partial charge is 0.390 e. The normalized spacial score (nSPS) is 29.7. The zero-order valence-corrected chi connectivity index (χ0v) is 7.35. The molecular formula is C9H17NO. The molecule has 0 aromatic heterocycles. The van der Waals surface area contributed by atoms with E-state index in [1.54, 1.807) is 0 Å². The summed E-state index contributed by atoms with van der Waals surface area (Å²) >= 11 is 0. The molecule has 2 N–H and O–H groups in total. The molecule has 1 aliphatic carbocycles. The fraction of sp³-hybridized carbons (Fsp3) is 1.00. The fourth-order valence-corrected chi connectivity index (χ4v) is 2.25. The van der Waals surface area contributed by atoms with Gasteiger partial charge in [0, 0.05) is 13.1 Å². The lowest BCUT2D eigenvalue weighted by molar-refractivity contribution is -0.105. The molecule has 2 rings (SSSR count). The van der Waals surface area contributed by atoms with Crippen LogP contribution in [0.15, 0.2) is 0 Å². The standard InChI is InChI=1S/C9H17NO/c1-8(2,11)7-3-9(4-7)5-10-6-9/h7,10-11H,3-6H2,1-2H3. The molecule has 1 saturated heterocycles. The molecule has 64 valence electrons. The molecule has 0 bridgehead atoms. The van der Waals surface area contributed by atoms with E-state index in [0.717, 1.165) is 0 Å². The maximum atomic E-state index is 9.67. The van der Waals surface area contributed by atoms with Gasteiger partial charge in [0.25, 0.3) is 0 Å². The van der Waals surface area contributed by atoms with Crippen LogP contribution in [0.5, 0.6) is 0 Å². The first-order chi connectivity index (χ1) is 5.02. The Bertz CT molecular complexity index is 159. The van der Waals surface area contributed by atoms with E-state index in [9.17, 15) is 5.11 Å². The summed E-state index contributed by atoms with van der Waals surface area (Å²) in [5.74, 6) is 0.546. The predicted molar refractivity (Wildman–Crippen MR) is 44.3 cm³/mol. The number of hydrogen-bond donors (Lipinski definition) is 2. The third-order valence-electron chi connectivity index (χ3n) is 3.36. The summed E-state index contributed by atoms with van der Waals surface area (Å²) in [6.07, 6.45) is 2.45. The van der Waals surface area contributed by atoms with Crippen molar-refractivity contribution >= 4 is 0 Å². The SMILES string of the molecule is CC(C)(O)C1CC2(CNC2)C1. The highest BCUT2D eigenvalue weighted by molar-refractivity contribution is 5.06. The summed E-state index contributed by atoms with van der Waals surface area (Å²) in [6.45, 7) is 6.21. The van der Waals surface area contributed by atoms with Crippen LogP contribution in [-0.4, -0.2) is 23.8 Å². The van der Waals surface area contributed by atoms with Crippen LogP contribution >= 0.6 is 0 Å². The molecule has 0 atom stereocenters. The molecule has 1 saturated carbocycles. The Kier molecular flexibility index (Phi) is 1.37. The maximum absolute atomic E-state index is 9.67. The average molecular weight is 155 g/mol. The van der Waals surface area contributed by atoms with Crippen LogP contribution in [0.4, 0.5) is 0 Å². The van der Waals surface area contributed by atoms with Crippen LogP contribution in [-0.2, 0) is 0 Å². The Morgan fingerprint density at radius 2 is 1.91 bits per heavy atom. The first-order valence-electron chi connectivity index (χ1n) is 4.45. The van der Waals surface area contributed by atoms with Gasteiger partial charge < -0.3 is 10.4 Å². The molecule has 1 heterocycles. The smallest absolute Gasteiger partial charge is 0.0620 e. The lowest BCUT2D eigenvalue weighted by atomic mass is 9.55. The van der Waals surface area contributed by atoms with E-state index in [4.69, 9.17) is 0 Å². The highest BCUT2D eigenvalue weighted by atomic mass is 16.3. The zero-order valence-electron chi connectivity index (χ0n) is 7.35. The first-order valence-corrected chi connectivity index (χ1v) is 4.45. The van der Waals surface area contributed by atoms with Crippen molar-refractivity contribution in [1.82, 2.24) is 5.32 Å². The van der Waals surface area contributed by atoms with Gasteiger partial charge in [-0.3, -0.25) is 0 Å². The van der Waals surface area contributed by atoms with Gasteiger partial charge in [-0.15, -0.1) is 0 Å². The minimum Gasteiger partial charge on any atom is -0.390 e. The second-order valence-corrected chi connectivity index (χ2v) is 4.86. The van der Waals surface area contributed by atoms with Crippen LogP contribution < -0.4 is 5.32 Å². The van der Waals surface area contributed by atoms with Gasteiger partial charge in [-0.25, -0.2) is 0 Å². The summed E-state index contributed by atoms with van der Waals surface area (Å²) in [5.41, 5.74) is 0.158. The molecule has 0 unspecified atom stereocenters. The fourth-order valence-electron chi connectivity index (χ4n) is 2.25. The molecule has 11 heavy (non-hydrogen) atoms. The number of nitrogens with one attached hydrogen (secondary N) is 1. The maximum Gasteiger partial charge on any atom is 0.0620 e. The molecule has 0 aromatic rings. The van der Waals surface area contributed by atoms with Gasteiger partial charge in [0.2, 0.25) is 0 Å². The molecule has 2 fully saturated rings. The van der Waals surface area contributed by atoms with Crippen molar-refractivity contribution < 1.29 is 5.11 Å². The van der Waals surface area contributed by atoms with E-state index < -0.39 is 5.60 Å². The van der Waals surface area contributed by atoms with Crippen molar-refractivity contribution in [2.75, 3.05) is 13.1 Å². The molecule has 2 nitrogen and oxygen atoms in total. The van der Waals surface area contributed by atoms with Crippen molar-refractivity contribution in [3.05, 3.63) is 0 Å². The Labute approximate surface area is 68.0 Å². The minimum atomic E-state index is -0.444. The van der Waals surface area contributed by atoms with Gasteiger partial charge in [0.1, 0.15) is 0 Å². The lowest BCUT2D eigenvalue weighted by Crippen LogP contribution is -2.63. The number of rotatable bonds is 1. The summed E-state index contributed by atoms with van der Waals surface area (Å²) in [7, 11) is 0. The molecular weight excluding hydrogens is 138 g/mol. The van der Waals surface area contributed by atoms with Crippen LogP contribution in [0, 0.1) is 11.3 Å². The topological polar surface area (TPSA) is 32.3 Å². The van der Waals surface area contributed by atoms with E-state index in [2.05, 4.69) is 5.32 Å². The van der Waals surface area contributed by atoms with Gasteiger partial charge in [-0.05, 0) is 38.0 Å². The van der Waals surface area contributed by atoms with Crippen LogP contribution in [0.1, 0.15) is 26.7 Å². The minimum absolute atomic E-state index is 0.444. The highest BCUT2D eigenvalue weighted by Gasteiger charge is 2.52. The Hall–Kier alpha value is -0.0800. The predicted octanol–water partition coefficient (Wildman–Crippen LogP) is 0.757. The van der Waals surface area contributed by atoms with Crippen LogP contribution in [0.25, 0.3) is 0 Å². The average Bonchev–Trinajstić information content (AvgIpc) is 1.49. The van der Waals surface area contributed by atoms with Gasteiger partial charge in [-0.1, -0.05) is 0 Å². The Morgan fingerprint density at radius 3 is 2.18 bits per heavy atom. The molecule has 0 amide bonds. The quantitative estimate of drug-likeness (QED) is 0.586. The molecule has 0 radical (unpaired) electrons. The second kappa shape index (κ2) is 1.99. The van der Waals surface area contributed by atoms with E-state index >= 15 is 0 Å². The molecule has 2 aliphatic rings. The van der Waals surface area contributed by atoms with Crippen LogP contribution in [0.3, 0.4) is 0 Å². The highest BCUT2D eigenvalue weighted by Crippen LogP contribution is 2.52. The second-order valence-electron chi connectivity index (χ2n) is 4.86.